The Morgan fingerprint density at radius 1 is 1.17 bits per heavy atom. The Morgan fingerprint density at radius 3 is 2.71 bits per heavy atom. The van der Waals surface area contributed by atoms with Crippen molar-refractivity contribution < 1.29 is 9.84 Å². The Kier molecular flexibility index (Phi) is 3.78. The molecule has 5 heteroatoms. The van der Waals surface area contributed by atoms with Crippen molar-refractivity contribution in [2.45, 2.75) is 25.5 Å². The molecule has 0 amide bonds. The highest BCUT2D eigenvalue weighted by Gasteiger charge is 2.23. The van der Waals surface area contributed by atoms with Crippen LogP contribution in [0.5, 0.6) is 5.88 Å². The molecule has 1 unspecified atom stereocenters. The van der Waals surface area contributed by atoms with Crippen LogP contribution in [-0.2, 0) is 11.3 Å². The van der Waals surface area contributed by atoms with Crippen LogP contribution in [0.15, 0.2) is 53.7 Å². The summed E-state index contributed by atoms with van der Waals surface area (Å²) in [6.07, 6.45) is 2.05. The fourth-order valence-electron chi connectivity index (χ4n) is 3.39. The monoisotopic (exact) mass is 322 g/mol. The summed E-state index contributed by atoms with van der Waals surface area (Å²) in [6, 6.07) is 15.8. The number of nitroso groups, excluding NO2 is 1. The molecule has 4 rings (SSSR count). The summed E-state index contributed by atoms with van der Waals surface area (Å²) in [5.41, 5.74) is 3.03. The molecule has 0 saturated carbocycles. The first-order valence-corrected chi connectivity index (χ1v) is 8.13. The van der Waals surface area contributed by atoms with Gasteiger partial charge in [-0.05, 0) is 41.3 Å². The standard InChI is InChI=1S/C19H18N2O3/c22-19-18(20-23)16-9-8-14(13-5-2-1-3-6-13)11-17(16)21(19)12-15-7-4-10-24-15/h1-3,5-6,8-9,11,15,22H,4,7,10,12H2. The zero-order valence-electron chi connectivity index (χ0n) is 13.2. The van der Waals surface area contributed by atoms with Crippen molar-refractivity contribution in [1.82, 2.24) is 4.57 Å². The second-order valence-electron chi connectivity index (χ2n) is 6.11. The highest BCUT2D eigenvalue weighted by molar-refractivity contribution is 5.97. The quantitative estimate of drug-likeness (QED) is 0.714. The molecule has 0 aliphatic carbocycles. The van der Waals surface area contributed by atoms with E-state index in [1.54, 1.807) is 4.57 Å². The van der Waals surface area contributed by atoms with Crippen molar-refractivity contribution in [1.29, 1.82) is 0 Å². The SMILES string of the molecule is O=Nc1c(O)n(CC2CCCO2)c2cc(-c3ccccc3)ccc12. The molecule has 2 heterocycles. The van der Waals surface area contributed by atoms with Gasteiger partial charge in [0.1, 0.15) is 0 Å². The zero-order chi connectivity index (χ0) is 16.5. The Bertz CT molecular complexity index is 881. The van der Waals surface area contributed by atoms with Gasteiger partial charge in [0, 0.05) is 12.0 Å². The highest BCUT2D eigenvalue weighted by Crippen LogP contribution is 2.40. The van der Waals surface area contributed by atoms with Crippen LogP contribution in [0.3, 0.4) is 0 Å². The first-order valence-electron chi connectivity index (χ1n) is 8.13. The van der Waals surface area contributed by atoms with Crippen LogP contribution < -0.4 is 0 Å². The lowest BCUT2D eigenvalue weighted by molar-refractivity contribution is 0.0961. The molecule has 122 valence electrons. The summed E-state index contributed by atoms with van der Waals surface area (Å²) in [5.74, 6) is -0.0827. The average Bonchev–Trinajstić information content (AvgIpc) is 3.23. The number of benzene rings is 2. The summed E-state index contributed by atoms with van der Waals surface area (Å²) in [4.78, 5) is 11.2. The number of hydrogen-bond donors (Lipinski definition) is 1. The van der Waals surface area contributed by atoms with E-state index in [-0.39, 0.29) is 17.7 Å². The number of hydrogen-bond acceptors (Lipinski definition) is 4. The Morgan fingerprint density at radius 2 is 2.00 bits per heavy atom. The smallest absolute Gasteiger partial charge is 0.222 e. The van der Waals surface area contributed by atoms with Crippen LogP contribution in [0.4, 0.5) is 5.69 Å². The van der Waals surface area contributed by atoms with Crippen molar-refractivity contribution in [3.8, 4) is 17.0 Å². The topological polar surface area (TPSA) is 63.8 Å². The maximum absolute atomic E-state index is 11.2. The maximum atomic E-state index is 11.2. The molecule has 1 aliphatic rings. The molecule has 1 atom stereocenters. The fourth-order valence-corrected chi connectivity index (χ4v) is 3.39. The van der Waals surface area contributed by atoms with Crippen LogP contribution in [0.25, 0.3) is 22.0 Å². The minimum atomic E-state index is -0.0827. The van der Waals surface area contributed by atoms with Gasteiger partial charge in [0.05, 0.1) is 18.2 Å². The molecular weight excluding hydrogens is 304 g/mol. The third kappa shape index (κ3) is 2.47. The molecule has 0 radical (unpaired) electrons. The minimum absolute atomic E-state index is 0.0615. The van der Waals surface area contributed by atoms with Gasteiger partial charge in [-0.3, -0.25) is 0 Å². The molecule has 0 spiro atoms. The van der Waals surface area contributed by atoms with Crippen LogP contribution in [-0.4, -0.2) is 22.4 Å². The van der Waals surface area contributed by atoms with E-state index < -0.39 is 0 Å². The summed E-state index contributed by atoms with van der Waals surface area (Å²) in [5, 5.41) is 14.1. The van der Waals surface area contributed by atoms with Crippen molar-refractivity contribution in [2.24, 2.45) is 5.18 Å². The third-order valence-electron chi connectivity index (χ3n) is 4.62. The number of aromatic nitrogens is 1. The normalized spacial score (nSPS) is 17.4. The summed E-state index contributed by atoms with van der Waals surface area (Å²) >= 11 is 0. The molecule has 2 aromatic carbocycles. The predicted octanol–water partition coefficient (Wildman–Crippen LogP) is 4.59. The van der Waals surface area contributed by atoms with Gasteiger partial charge in [0.25, 0.3) is 0 Å². The van der Waals surface area contributed by atoms with E-state index in [2.05, 4.69) is 5.18 Å². The fraction of sp³-hybridized carbons (Fsp3) is 0.263. The molecule has 0 bridgehead atoms. The molecule has 3 aromatic rings. The molecule has 24 heavy (non-hydrogen) atoms. The van der Waals surface area contributed by atoms with Gasteiger partial charge in [0.15, 0.2) is 5.69 Å². The third-order valence-corrected chi connectivity index (χ3v) is 4.62. The Labute approximate surface area is 139 Å². The van der Waals surface area contributed by atoms with E-state index in [4.69, 9.17) is 4.74 Å². The molecular formula is C19H18N2O3. The van der Waals surface area contributed by atoms with Gasteiger partial charge in [-0.1, -0.05) is 36.4 Å². The average molecular weight is 322 g/mol. The van der Waals surface area contributed by atoms with Gasteiger partial charge in [-0.2, -0.15) is 0 Å². The molecule has 5 nitrogen and oxygen atoms in total. The lowest BCUT2D eigenvalue weighted by Crippen LogP contribution is -2.14. The molecule has 1 saturated heterocycles. The highest BCUT2D eigenvalue weighted by atomic mass is 16.5. The zero-order valence-corrected chi connectivity index (χ0v) is 13.2. The number of rotatable bonds is 4. The summed E-state index contributed by atoms with van der Waals surface area (Å²) in [6.45, 7) is 1.27. The van der Waals surface area contributed by atoms with E-state index in [9.17, 15) is 10.0 Å². The van der Waals surface area contributed by atoms with Crippen molar-refractivity contribution in [2.75, 3.05) is 6.61 Å². The first kappa shape index (κ1) is 14.9. The van der Waals surface area contributed by atoms with Gasteiger partial charge < -0.3 is 14.4 Å². The predicted molar refractivity (Wildman–Crippen MR) is 93.5 cm³/mol. The minimum Gasteiger partial charge on any atom is -0.493 e. The first-order chi connectivity index (χ1) is 11.8. The van der Waals surface area contributed by atoms with Crippen molar-refractivity contribution in [3.63, 3.8) is 0 Å². The maximum Gasteiger partial charge on any atom is 0.222 e. The molecule has 1 aliphatic heterocycles. The molecule has 1 aromatic heterocycles. The van der Waals surface area contributed by atoms with Crippen LogP contribution in [0.2, 0.25) is 0 Å². The van der Waals surface area contributed by atoms with Gasteiger partial charge in [-0.25, -0.2) is 0 Å². The Balaban J connectivity index is 1.85. The number of nitrogens with zero attached hydrogens (tertiary/aromatic N) is 2. The molecule has 1 fully saturated rings. The summed E-state index contributed by atoms with van der Waals surface area (Å²) in [7, 11) is 0. The largest absolute Gasteiger partial charge is 0.493 e. The lowest BCUT2D eigenvalue weighted by Gasteiger charge is -2.13. The second kappa shape index (κ2) is 6.09. The lowest BCUT2D eigenvalue weighted by atomic mass is 10.0. The van der Waals surface area contributed by atoms with Gasteiger partial charge in [-0.15, -0.1) is 4.91 Å². The summed E-state index contributed by atoms with van der Waals surface area (Å²) < 4.78 is 7.42. The van der Waals surface area contributed by atoms with Crippen LogP contribution in [0, 0.1) is 4.91 Å². The molecule has 1 N–H and O–H groups in total. The second-order valence-corrected chi connectivity index (χ2v) is 6.11. The van der Waals surface area contributed by atoms with E-state index in [1.165, 1.54) is 0 Å². The van der Waals surface area contributed by atoms with Crippen molar-refractivity contribution in [3.05, 3.63) is 53.4 Å². The van der Waals surface area contributed by atoms with E-state index >= 15 is 0 Å². The van der Waals surface area contributed by atoms with Crippen LogP contribution in [0.1, 0.15) is 12.8 Å². The van der Waals surface area contributed by atoms with E-state index in [0.717, 1.165) is 36.1 Å². The van der Waals surface area contributed by atoms with E-state index in [0.29, 0.717) is 11.9 Å². The van der Waals surface area contributed by atoms with Crippen molar-refractivity contribution >= 4 is 16.6 Å². The van der Waals surface area contributed by atoms with Gasteiger partial charge in [0.2, 0.25) is 5.88 Å². The Hall–Kier alpha value is -2.66. The number of ether oxygens (including phenoxy) is 1. The van der Waals surface area contributed by atoms with Crippen LogP contribution >= 0.6 is 0 Å². The van der Waals surface area contributed by atoms with Gasteiger partial charge >= 0.3 is 0 Å². The van der Waals surface area contributed by atoms with E-state index in [1.807, 2.05) is 48.5 Å². The number of aromatic hydroxyl groups is 1. The number of fused-ring (bicyclic) bond motifs is 1.